The van der Waals surface area contributed by atoms with Gasteiger partial charge < -0.3 is 5.32 Å². The summed E-state index contributed by atoms with van der Waals surface area (Å²) in [6.45, 7) is 8.65. The standard InChI is InChI=1S/C15H24BrN3/c1-5-11(8-10-6-7-10)17-13-9-12(16)18-14(19-13)15(2,3)4/h9-11H,5-8H2,1-4H3,(H,17,18,19). The fraction of sp³-hybridized carbons (Fsp3) is 0.733. The highest BCUT2D eigenvalue weighted by atomic mass is 79.9. The Morgan fingerprint density at radius 2 is 2.05 bits per heavy atom. The molecule has 1 saturated carbocycles. The summed E-state index contributed by atoms with van der Waals surface area (Å²) in [5.41, 5.74) is -0.0294. The van der Waals surface area contributed by atoms with E-state index in [0.717, 1.165) is 28.6 Å². The molecule has 1 fully saturated rings. The van der Waals surface area contributed by atoms with Crippen molar-refractivity contribution in [2.75, 3.05) is 5.32 Å². The van der Waals surface area contributed by atoms with Crippen LogP contribution >= 0.6 is 15.9 Å². The van der Waals surface area contributed by atoms with Crippen molar-refractivity contribution in [3.63, 3.8) is 0 Å². The van der Waals surface area contributed by atoms with Crippen LogP contribution in [0.25, 0.3) is 0 Å². The third-order valence-electron chi connectivity index (χ3n) is 3.53. The van der Waals surface area contributed by atoms with E-state index in [2.05, 4.69) is 58.9 Å². The lowest BCUT2D eigenvalue weighted by Crippen LogP contribution is -2.22. The van der Waals surface area contributed by atoms with E-state index in [0.29, 0.717) is 6.04 Å². The van der Waals surface area contributed by atoms with E-state index in [4.69, 9.17) is 0 Å². The van der Waals surface area contributed by atoms with Gasteiger partial charge in [0, 0.05) is 17.5 Å². The largest absolute Gasteiger partial charge is 0.367 e. The van der Waals surface area contributed by atoms with Gasteiger partial charge in [-0.15, -0.1) is 0 Å². The molecule has 1 aliphatic carbocycles. The molecule has 0 aliphatic heterocycles. The van der Waals surface area contributed by atoms with Crippen LogP contribution in [0.15, 0.2) is 10.7 Å². The minimum atomic E-state index is -0.0294. The first kappa shape index (κ1) is 14.8. The highest BCUT2D eigenvalue weighted by Gasteiger charge is 2.25. The van der Waals surface area contributed by atoms with Gasteiger partial charge >= 0.3 is 0 Å². The molecule has 0 spiro atoms. The van der Waals surface area contributed by atoms with Crippen molar-refractivity contribution in [3.8, 4) is 0 Å². The van der Waals surface area contributed by atoms with Crippen LogP contribution in [0.3, 0.4) is 0 Å². The normalized spacial score (nSPS) is 17.3. The molecule has 1 aromatic heterocycles. The first-order valence-electron chi connectivity index (χ1n) is 7.20. The summed E-state index contributed by atoms with van der Waals surface area (Å²) in [7, 11) is 0. The van der Waals surface area contributed by atoms with Gasteiger partial charge in [-0.2, -0.15) is 0 Å². The van der Waals surface area contributed by atoms with Gasteiger partial charge in [-0.3, -0.25) is 0 Å². The average molecular weight is 326 g/mol. The Bertz CT molecular complexity index is 436. The Balaban J connectivity index is 2.11. The second kappa shape index (κ2) is 5.78. The molecule has 1 heterocycles. The van der Waals surface area contributed by atoms with Gasteiger partial charge in [0.05, 0.1) is 0 Å². The van der Waals surface area contributed by atoms with E-state index in [1.165, 1.54) is 19.3 Å². The first-order valence-corrected chi connectivity index (χ1v) is 7.99. The number of anilines is 1. The maximum Gasteiger partial charge on any atom is 0.137 e. The molecule has 3 nitrogen and oxygen atoms in total. The first-order chi connectivity index (χ1) is 8.88. The molecule has 19 heavy (non-hydrogen) atoms. The number of halogens is 1. The van der Waals surface area contributed by atoms with Gasteiger partial charge in [0.15, 0.2) is 0 Å². The number of nitrogens with zero attached hydrogens (tertiary/aromatic N) is 2. The molecule has 2 rings (SSSR count). The Morgan fingerprint density at radius 1 is 1.37 bits per heavy atom. The number of rotatable bonds is 5. The van der Waals surface area contributed by atoms with E-state index >= 15 is 0 Å². The van der Waals surface area contributed by atoms with Crippen molar-refractivity contribution in [1.29, 1.82) is 0 Å². The highest BCUT2D eigenvalue weighted by molar-refractivity contribution is 9.10. The molecule has 4 heteroatoms. The minimum Gasteiger partial charge on any atom is -0.367 e. The summed E-state index contributed by atoms with van der Waals surface area (Å²) in [6.07, 6.45) is 5.21. The van der Waals surface area contributed by atoms with Crippen LogP contribution in [0.4, 0.5) is 5.82 Å². The quantitative estimate of drug-likeness (QED) is 0.808. The summed E-state index contributed by atoms with van der Waals surface area (Å²) in [6, 6.07) is 2.51. The third-order valence-corrected chi connectivity index (χ3v) is 3.93. The van der Waals surface area contributed by atoms with Gasteiger partial charge in [-0.05, 0) is 34.7 Å². The van der Waals surface area contributed by atoms with Gasteiger partial charge in [0.25, 0.3) is 0 Å². The predicted molar refractivity (Wildman–Crippen MR) is 83.5 cm³/mol. The molecule has 0 amide bonds. The number of hydrogen-bond acceptors (Lipinski definition) is 3. The third kappa shape index (κ3) is 4.44. The van der Waals surface area contributed by atoms with Gasteiger partial charge in [0.1, 0.15) is 16.2 Å². The van der Waals surface area contributed by atoms with E-state index in [1.807, 2.05) is 6.07 Å². The van der Waals surface area contributed by atoms with E-state index < -0.39 is 0 Å². The number of hydrogen-bond donors (Lipinski definition) is 1. The Hall–Kier alpha value is -0.640. The zero-order valence-electron chi connectivity index (χ0n) is 12.3. The fourth-order valence-corrected chi connectivity index (χ4v) is 2.50. The summed E-state index contributed by atoms with van der Waals surface area (Å²) >= 11 is 3.49. The minimum absolute atomic E-state index is 0.0294. The molecule has 106 valence electrons. The molecular weight excluding hydrogens is 302 g/mol. The lowest BCUT2D eigenvalue weighted by Gasteiger charge is -2.21. The van der Waals surface area contributed by atoms with Crippen LogP contribution in [0.5, 0.6) is 0 Å². The van der Waals surface area contributed by atoms with E-state index in [-0.39, 0.29) is 5.41 Å². The molecule has 1 atom stereocenters. The van der Waals surface area contributed by atoms with Crippen molar-refractivity contribution in [2.24, 2.45) is 5.92 Å². The lowest BCUT2D eigenvalue weighted by atomic mass is 9.96. The maximum absolute atomic E-state index is 4.67. The molecule has 1 aliphatic rings. The van der Waals surface area contributed by atoms with E-state index in [9.17, 15) is 0 Å². The SMILES string of the molecule is CCC(CC1CC1)Nc1cc(Br)nc(C(C)(C)C)n1. The zero-order chi connectivity index (χ0) is 14.0. The van der Waals surface area contributed by atoms with Crippen molar-refractivity contribution in [2.45, 2.75) is 64.8 Å². The van der Waals surface area contributed by atoms with Crippen molar-refractivity contribution in [1.82, 2.24) is 9.97 Å². The summed E-state index contributed by atoms with van der Waals surface area (Å²) in [5.74, 6) is 2.76. The maximum atomic E-state index is 4.67. The van der Waals surface area contributed by atoms with Crippen LogP contribution in [-0.4, -0.2) is 16.0 Å². The van der Waals surface area contributed by atoms with E-state index in [1.54, 1.807) is 0 Å². The van der Waals surface area contributed by atoms with Gasteiger partial charge in [-0.25, -0.2) is 9.97 Å². The van der Waals surface area contributed by atoms with Crippen molar-refractivity contribution < 1.29 is 0 Å². The molecule has 0 aromatic carbocycles. The lowest BCUT2D eigenvalue weighted by molar-refractivity contribution is 0.540. The highest BCUT2D eigenvalue weighted by Crippen LogP contribution is 2.35. The Labute approximate surface area is 124 Å². The van der Waals surface area contributed by atoms with Crippen LogP contribution in [0.2, 0.25) is 0 Å². The second-order valence-electron chi connectivity index (χ2n) is 6.58. The Morgan fingerprint density at radius 3 is 2.58 bits per heavy atom. The smallest absolute Gasteiger partial charge is 0.137 e. The number of nitrogens with one attached hydrogen (secondary N) is 1. The van der Waals surface area contributed by atoms with Crippen molar-refractivity contribution in [3.05, 3.63) is 16.5 Å². The second-order valence-corrected chi connectivity index (χ2v) is 7.39. The zero-order valence-corrected chi connectivity index (χ0v) is 13.9. The fourth-order valence-electron chi connectivity index (χ4n) is 2.12. The summed E-state index contributed by atoms with van der Waals surface area (Å²) in [5, 5.41) is 3.57. The summed E-state index contributed by atoms with van der Waals surface area (Å²) < 4.78 is 0.858. The molecular formula is C15H24BrN3. The van der Waals surface area contributed by atoms with Crippen LogP contribution < -0.4 is 5.32 Å². The Kier molecular flexibility index (Phi) is 4.49. The number of aromatic nitrogens is 2. The van der Waals surface area contributed by atoms with Gasteiger partial charge in [-0.1, -0.05) is 40.5 Å². The topological polar surface area (TPSA) is 37.8 Å². The molecule has 1 aromatic rings. The molecule has 1 N–H and O–H groups in total. The summed E-state index contributed by atoms with van der Waals surface area (Å²) in [4.78, 5) is 9.15. The monoisotopic (exact) mass is 325 g/mol. The predicted octanol–water partition coefficient (Wildman–Crippen LogP) is 4.53. The molecule has 1 unspecified atom stereocenters. The van der Waals surface area contributed by atoms with Gasteiger partial charge in [0.2, 0.25) is 0 Å². The van der Waals surface area contributed by atoms with Crippen LogP contribution in [0.1, 0.15) is 59.2 Å². The average Bonchev–Trinajstić information content (AvgIpc) is 3.10. The van der Waals surface area contributed by atoms with Crippen molar-refractivity contribution >= 4 is 21.7 Å². The molecule has 0 saturated heterocycles. The molecule has 0 bridgehead atoms. The van der Waals surface area contributed by atoms with Crippen LogP contribution in [-0.2, 0) is 5.41 Å². The molecule has 0 radical (unpaired) electrons. The van der Waals surface area contributed by atoms with Crippen LogP contribution in [0, 0.1) is 5.92 Å².